The number of anilines is 1. The Morgan fingerprint density at radius 1 is 1.56 bits per heavy atom. The Labute approximate surface area is 91.6 Å². The van der Waals surface area contributed by atoms with E-state index in [-0.39, 0.29) is 0 Å². The highest BCUT2D eigenvalue weighted by atomic mass is 16.5. The second-order valence-electron chi connectivity index (χ2n) is 3.77. The third kappa shape index (κ3) is 2.16. The van der Waals surface area contributed by atoms with Crippen molar-refractivity contribution in [2.45, 2.75) is 18.9 Å². The number of carbonyl (C=O) groups is 2. The van der Waals surface area contributed by atoms with Gasteiger partial charge in [-0.15, -0.1) is 0 Å². The molecule has 86 valence electrons. The largest absolute Gasteiger partial charge is 0.479 e. The molecular weight excluding hydrogens is 212 g/mol. The molecule has 1 heterocycles. The standard InChI is InChI=1S/C10H12N2O4/c11-6-3-8(10(15)16-5-9(13)14)12(4-6)7-1-2-7/h3-4,7H,1-2,5,11H2,(H,13,14). The molecule has 1 saturated carbocycles. The molecule has 0 aromatic carbocycles. The van der Waals surface area contributed by atoms with E-state index in [1.807, 2.05) is 0 Å². The zero-order valence-corrected chi connectivity index (χ0v) is 8.55. The SMILES string of the molecule is Nc1cc(C(=O)OCC(=O)O)n(C2CC2)c1. The van der Waals surface area contributed by atoms with Crippen LogP contribution in [0.4, 0.5) is 5.69 Å². The van der Waals surface area contributed by atoms with E-state index >= 15 is 0 Å². The molecule has 1 aliphatic rings. The zero-order valence-electron chi connectivity index (χ0n) is 8.55. The zero-order chi connectivity index (χ0) is 11.7. The van der Waals surface area contributed by atoms with E-state index in [1.54, 1.807) is 10.8 Å². The minimum absolute atomic E-state index is 0.296. The maximum Gasteiger partial charge on any atom is 0.355 e. The molecule has 0 bridgehead atoms. The maximum absolute atomic E-state index is 11.6. The summed E-state index contributed by atoms with van der Waals surface area (Å²) in [5.41, 5.74) is 6.40. The monoisotopic (exact) mass is 224 g/mol. The lowest BCUT2D eigenvalue weighted by atomic mass is 10.4. The van der Waals surface area contributed by atoms with Crippen molar-refractivity contribution in [1.82, 2.24) is 4.57 Å². The molecule has 0 radical (unpaired) electrons. The molecule has 3 N–H and O–H groups in total. The molecule has 0 aliphatic heterocycles. The average molecular weight is 224 g/mol. The average Bonchev–Trinajstić information content (AvgIpc) is 2.98. The number of carbonyl (C=O) groups excluding carboxylic acids is 1. The van der Waals surface area contributed by atoms with E-state index in [4.69, 9.17) is 10.8 Å². The van der Waals surface area contributed by atoms with Crippen molar-refractivity contribution in [2.75, 3.05) is 12.3 Å². The summed E-state index contributed by atoms with van der Waals surface area (Å²) in [4.78, 5) is 21.8. The van der Waals surface area contributed by atoms with Crippen molar-refractivity contribution < 1.29 is 19.4 Å². The summed E-state index contributed by atoms with van der Waals surface area (Å²) in [6.07, 6.45) is 3.69. The number of rotatable bonds is 4. The molecule has 0 spiro atoms. The molecule has 2 rings (SSSR count). The molecule has 1 aromatic heterocycles. The minimum atomic E-state index is -1.18. The molecule has 0 amide bonds. The van der Waals surface area contributed by atoms with Crippen LogP contribution in [0.25, 0.3) is 0 Å². The van der Waals surface area contributed by atoms with Gasteiger partial charge in [0.2, 0.25) is 0 Å². The quantitative estimate of drug-likeness (QED) is 0.732. The Kier molecular flexibility index (Phi) is 2.55. The fourth-order valence-electron chi connectivity index (χ4n) is 1.52. The lowest BCUT2D eigenvalue weighted by molar-refractivity contribution is -0.140. The van der Waals surface area contributed by atoms with Crippen molar-refractivity contribution >= 4 is 17.6 Å². The Morgan fingerprint density at radius 3 is 2.81 bits per heavy atom. The van der Waals surface area contributed by atoms with Crippen LogP contribution in [0, 0.1) is 0 Å². The van der Waals surface area contributed by atoms with Gasteiger partial charge in [-0.1, -0.05) is 0 Å². The lowest BCUT2D eigenvalue weighted by Gasteiger charge is -2.06. The number of esters is 1. The molecule has 1 aliphatic carbocycles. The van der Waals surface area contributed by atoms with E-state index in [0.717, 1.165) is 12.8 Å². The third-order valence-electron chi connectivity index (χ3n) is 2.35. The summed E-state index contributed by atoms with van der Waals surface area (Å²) in [6, 6.07) is 1.80. The van der Waals surface area contributed by atoms with Crippen molar-refractivity contribution in [3.8, 4) is 0 Å². The van der Waals surface area contributed by atoms with Gasteiger partial charge in [0.1, 0.15) is 5.69 Å². The number of carboxylic acid groups (broad SMARTS) is 1. The van der Waals surface area contributed by atoms with E-state index in [9.17, 15) is 9.59 Å². The van der Waals surface area contributed by atoms with Gasteiger partial charge < -0.3 is 20.1 Å². The minimum Gasteiger partial charge on any atom is -0.479 e. The number of nitrogens with zero attached hydrogens (tertiary/aromatic N) is 1. The van der Waals surface area contributed by atoms with Crippen molar-refractivity contribution in [1.29, 1.82) is 0 Å². The van der Waals surface area contributed by atoms with Gasteiger partial charge in [0, 0.05) is 12.2 Å². The molecule has 0 atom stereocenters. The second kappa shape index (κ2) is 3.88. The van der Waals surface area contributed by atoms with Crippen LogP contribution in [-0.4, -0.2) is 28.2 Å². The Morgan fingerprint density at radius 2 is 2.25 bits per heavy atom. The number of nitrogen functional groups attached to an aromatic ring is 1. The lowest BCUT2D eigenvalue weighted by Crippen LogP contribution is -2.16. The number of aromatic nitrogens is 1. The molecule has 1 aromatic rings. The topological polar surface area (TPSA) is 94.6 Å². The number of hydrogen-bond donors (Lipinski definition) is 2. The van der Waals surface area contributed by atoms with Gasteiger partial charge in [-0.25, -0.2) is 9.59 Å². The highest BCUT2D eigenvalue weighted by Gasteiger charge is 2.28. The first-order valence-corrected chi connectivity index (χ1v) is 4.94. The Bertz CT molecular complexity index is 434. The van der Waals surface area contributed by atoms with Gasteiger partial charge in [0.05, 0.1) is 5.69 Å². The first kappa shape index (κ1) is 10.5. The van der Waals surface area contributed by atoms with Gasteiger partial charge in [0.25, 0.3) is 0 Å². The molecule has 0 unspecified atom stereocenters. The fraction of sp³-hybridized carbons (Fsp3) is 0.400. The van der Waals surface area contributed by atoms with Gasteiger partial charge in [0.15, 0.2) is 6.61 Å². The number of ether oxygens (including phenoxy) is 1. The number of carboxylic acids is 1. The van der Waals surface area contributed by atoms with Crippen molar-refractivity contribution in [3.63, 3.8) is 0 Å². The summed E-state index contributed by atoms with van der Waals surface area (Å²) in [6.45, 7) is -0.630. The van der Waals surface area contributed by atoms with E-state index in [2.05, 4.69) is 4.74 Å². The van der Waals surface area contributed by atoms with Gasteiger partial charge in [-0.05, 0) is 18.9 Å². The Hall–Kier alpha value is -1.98. The van der Waals surface area contributed by atoms with Crippen LogP contribution in [0.3, 0.4) is 0 Å². The third-order valence-corrected chi connectivity index (χ3v) is 2.35. The van der Waals surface area contributed by atoms with Crippen LogP contribution in [0.5, 0.6) is 0 Å². The Balaban J connectivity index is 2.12. The normalized spacial score (nSPS) is 14.8. The fourth-order valence-corrected chi connectivity index (χ4v) is 1.52. The van der Waals surface area contributed by atoms with Crippen LogP contribution < -0.4 is 5.73 Å². The predicted octanol–water partition coefficient (Wildman–Crippen LogP) is 0.647. The predicted molar refractivity (Wildman–Crippen MR) is 55.0 cm³/mol. The summed E-state index contributed by atoms with van der Waals surface area (Å²) < 4.78 is 6.36. The summed E-state index contributed by atoms with van der Waals surface area (Å²) >= 11 is 0. The van der Waals surface area contributed by atoms with Gasteiger partial charge in [-0.2, -0.15) is 0 Å². The van der Waals surface area contributed by atoms with Crippen LogP contribution in [-0.2, 0) is 9.53 Å². The second-order valence-corrected chi connectivity index (χ2v) is 3.77. The number of nitrogens with two attached hydrogens (primary N) is 1. The smallest absolute Gasteiger partial charge is 0.355 e. The maximum atomic E-state index is 11.6. The molecule has 6 heteroatoms. The summed E-state index contributed by atoms with van der Waals surface area (Å²) in [7, 11) is 0. The van der Waals surface area contributed by atoms with E-state index < -0.39 is 18.5 Å². The van der Waals surface area contributed by atoms with Crippen molar-refractivity contribution in [3.05, 3.63) is 18.0 Å². The first-order chi connectivity index (χ1) is 7.58. The van der Waals surface area contributed by atoms with Crippen LogP contribution in [0.1, 0.15) is 29.4 Å². The molecule has 1 fully saturated rings. The molecule has 0 saturated heterocycles. The van der Waals surface area contributed by atoms with Crippen molar-refractivity contribution in [2.24, 2.45) is 0 Å². The van der Waals surface area contributed by atoms with Crippen LogP contribution in [0.2, 0.25) is 0 Å². The number of hydrogen-bond acceptors (Lipinski definition) is 4. The van der Waals surface area contributed by atoms with Gasteiger partial charge >= 0.3 is 11.9 Å². The van der Waals surface area contributed by atoms with Gasteiger partial charge in [-0.3, -0.25) is 0 Å². The number of aliphatic carboxylic acids is 1. The summed E-state index contributed by atoms with van der Waals surface area (Å²) in [5, 5.41) is 8.40. The summed E-state index contributed by atoms with van der Waals surface area (Å²) in [5.74, 6) is -1.82. The van der Waals surface area contributed by atoms with E-state index in [0.29, 0.717) is 17.4 Å². The molecular formula is C10H12N2O4. The highest BCUT2D eigenvalue weighted by Crippen LogP contribution is 2.37. The first-order valence-electron chi connectivity index (χ1n) is 4.94. The van der Waals surface area contributed by atoms with Crippen LogP contribution >= 0.6 is 0 Å². The highest BCUT2D eigenvalue weighted by molar-refractivity contribution is 5.90. The molecule has 6 nitrogen and oxygen atoms in total. The van der Waals surface area contributed by atoms with Crippen LogP contribution in [0.15, 0.2) is 12.3 Å². The molecule has 16 heavy (non-hydrogen) atoms. The van der Waals surface area contributed by atoms with E-state index in [1.165, 1.54) is 6.07 Å².